The highest BCUT2D eigenvalue weighted by Crippen LogP contribution is 2.28. The van der Waals surface area contributed by atoms with Crippen LogP contribution in [0.25, 0.3) is 0 Å². The molecule has 1 aliphatic carbocycles. The number of rotatable bonds is 3. The van der Waals surface area contributed by atoms with E-state index in [0.717, 1.165) is 43.0 Å². The zero-order chi connectivity index (χ0) is 18.3. The first kappa shape index (κ1) is 17.0. The number of hydrogen-bond acceptors (Lipinski definition) is 4. The van der Waals surface area contributed by atoms with E-state index in [-0.39, 0.29) is 22.4 Å². The molecule has 2 amide bonds. The number of benzene rings is 1. The highest BCUT2D eigenvalue weighted by atomic mass is 35.5. The monoisotopic (exact) mass is 377 g/mol. The van der Waals surface area contributed by atoms with Crippen molar-refractivity contribution < 1.29 is 18.5 Å². The number of carbonyl (C=O) groups excluding carboxylic acids is 2. The van der Waals surface area contributed by atoms with Gasteiger partial charge >= 0.3 is 0 Å². The topological polar surface area (TPSA) is 75.4 Å². The molecular weight excluding hydrogens is 361 g/mol. The average molecular weight is 378 g/mol. The minimum Gasteiger partial charge on any atom is -0.350 e. The summed E-state index contributed by atoms with van der Waals surface area (Å²) in [6.07, 6.45) is 3.97. The number of halogens is 2. The van der Waals surface area contributed by atoms with Gasteiger partial charge in [0.1, 0.15) is 11.9 Å². The van der Waals surface area contributed by atoms with Crippen LogP contribution in [0.2, 0.25) is 5.02 Å². The van der Waals surface area contributed by atoms with Crippen LogP contribution in [0.3, 0.4) is 0 Å². The number of nitrogens with one attached hydrogen (secondary N) is 1. The molecule has 1 fully saturated rings. The second-order valence-electron chi connectivity index (χ2n) is 6.54. The highest BCUT2D eigenvalue weighted by Gasteiger charge is 2.36. The predicted molar refractivity (Wildman–Crippen MR) is 92.8 cm³/mol. The van der Waals surface area contributed by atoms with Gasteiger partial charge in [0, 0.05) is 17.1 Å². The van der Waals surface area contributed by atoms with Crippen LogP contribution in [0.15, 0.2) is 22.7 Å². The molecule has 2 aromatic rings. The van der Waals surface area contributed by atoms with Gasteiger partial charge < -0.3 is 14.7 Å². The van der Waals surface area contributed by atoms with Crippen molar-refractivity contribution in [2.75, 3.05) is 11.4 Å². The Morgan fingerprint density at radius 1 is 1.35 bits per heavy atom. The van der Waals surface area contributed by atoms with E-state index in [1.807, 2.05) is 0 Å². The van der Waals surface area contributed by atoms with Crippen LogP contribution < -0.4 is 10.2 Å². The van der Waals surface area contributed by atoms with Gasteiger partial charge in [-0.05, 0) is 50.3 Å². The number of aromatic nitrogens is 1. The van der Waals surface area contributed by atoms with Crippen molar-refractivity contribution in [2.45, 2.75) is 38.1 Å². The fourth-order valence-electron chi connectivity index (χ4n) is 3.55. The molecule has 0 bridgehead atoms. The number of nitrogens with zero attached hydrogens (tertiary/aromatic N) is 2. The van der Waals surface area contributed by atoms with Gasteiger partial charge in [0.2, 0.25) is 11.7 Å². The number of aryl methyl sites for hydroxylation is 1. The molecule has 1 saturated heterocycles. The van der Waals surface area contributed by atoms with Crippen LogP contribution in [0, 0.1) is 5.82 Å². The summed E-state index contributed by atoms with van der Waals surface area (Å²) >= 11 is 5.76. The maximum absolute atomic E-state index is 14.1. The number of hydrogen-bond donors (Lipinski definition) is 1. The summed E-state index contributed by atoms with van der Waals surface area (Å²) in [5, 5.41) is 6.92. The Kier molecular flexibility index (Phi) is 4.40. The molecule has 0 saturated carbocycles. The predicted octanol–water partition coefficient (Wildman–Crippen LogP) is 2.88. The molecule has 1 aliphatic heterocycles. The minimum absolute atomic E-state index is 0.160. The molecule has 2 heterocycles. The molecule has 1 N–H and O–H groups in total. The van der Waals surface area contributed by atoms with Gasteiger partial charge in [-0.1, -0.05) is 16.8 Å². The van der Waals surface area contributed by atoms with Crippen molar-refractivity contribution in [3.63, 3.8) is 0 Å². The van der Waals surface area contributed by atoms with Gasteiger partial charge in [-0.2, -0.15) is 0 Å². The summed E-state index contributed by atoms with van der Waals surface area (Å²) in [4.78, 5) is 26.5. The standard InChI is InChI=1S/C18H17ClFN3O3/c19-10-5-6-15(12(20)9-10)23-8-7-14(18(23)25)21-17(24)16-11-3-1-2-4-13(11)22-26-16/h5-6,9,14H,1-4,7-8H2,(H,21,24). The van der Waals surface area contributed by atoms with Gasteiger partial charge in [0.25, 0.3) is 5.91 Å². The third kappa shape index (κ3) is 2.96. The molecule has 1 aromatic carbocycles. The smallest absolute Gasteiger partial charge is 0.290 e. The van der Waals surface area contributed by atoms with Crippen LogP contribution in [-0.2, 0) is 17.6 Å². The van der Waals surface area contributed by atoms with E-state index in [4.69, 9.17) is 16.1 Å². The molecule has 0 radical (unpaired) electrons. The van der Waals surface area contributed by atoms with E-state index in [9.17, 15) is 14.0 Å². The number of fused-ring (bicyclic) bond motifs is 1. The van der Waals surface area contributed by atoms with Crippen LogP contribution in [-0.4, -0.2) is 29.6 Å². The Bertz CT molecular complexity index is 883. The zero-order valence-corrected chi connectivity index (χ0v) is 14.7. The maximum Gasteiger partial charge on any atom is 0.290 e. The first-order valence-electron chi connectivity index (χ1n) is 8.59. The molecule has 2 aliphatic rings. The lowest BCUT2D eigenvalue weighted by atomic mass is 9.96. The summed E-state index contributed by atoms with van der Waals surface area (Å²) < 4.78 is 19.3. The van der Waals surface area contributed by atoms with Crippen molar-refractivity contribution in [3.8, 4) is 0 Å². The van der Waals surface area contributed by atoms with E-state index in [0.29, 0.717) is 13.0 Å². The molecule has 1 unspecified atom stereocenters. The van der Waals surface area contributed by atoms with Gasteiger partial charge in [-0.25, -0.2) is 4.39 Å². The Balaban J connectivity index is 1.49. The van der Waals surface area contributed by atoms with Gasteiger partial charge in [0.05, 0.1) is 11.4 Å². The molecule has 136 valence electrons. The lowest BCUT2D eigenvalue weighted by Gasteiger charge is -2.18. The van der Waals surface area contributed by atoms with Crippen LogP contribution in [0.1, 0.15) is 41.1 Å². The lowest BCUT2D eigenvalue weighted by Crippen LogP contribution is -2.42. The molecule has 4 rings (SSSR count). The van der Waals surface area contributed by atoms with E-state index < -0.39 is 17.8 Å². The lowest BCUT2D eigenvalue weighted by molar-refractivity contribution is -0.118. The molecule has 1 aromatic heterocycles. The fraction of sp³-hybridized carbons (Fsp3) is 0.389. The molecular formula is C18H17ClFN3O3. The quantitative estimate of drug-likeness (QED) is 0.892. The third-order valence-electron chi connectivity index (χ3n) is 4.88. The molecule has 0 spiro atoms. The van der Waals surface area contributed by atoms with Gasteiger partial charge in [0.15, 0.2) is 0 Å². The van der Waals surface area contributed by atoms with Crippen molar-refractivity contribution in [3.05, 3.63) is 46.1 Å². The van der Waals surface area contributed by atoms with Crippen molar-refractivity contribution >= 4 is 29.1 Å². The maximum atomic E-state index is 14.1. The Morgan fingerprint density at radius 3 is 2.96 bits per heavy atom. The van der Waals surface area contributed by atoms with Crippen LogP contribution >= 0.6 is 11.6 Å². The molecule has 6 nitrogen and oxygen atoms in total. The average Bonchev–Trinajstić information content (AvgIpc) is 3.20. The van der Waals surface area contributed by atoms with Gasteiger partial charge in [-0.3, -0.25) is 9.59 Å². The zero-order valence-electron chi connectivity index (χ0n) is 13.9. The summed E-state index contributed by atoms with van der Waals surface area (Å²) in [5.41, 5.74) is 1.82. The molecule has 1 atom stereocenters. The number of amides is 2. The van der Waals surface area contributed by atoms with Crippen LogP contribution in [0.5, 0.6) is 0 Å². The second-order valence-corrected chi connectivity index (χ2v) is 6.98. The van der Waals surface area contributed by atoms with E-state index in [1.165, 1.54) is 17.0 Å². The van der Waals surface area contributed by atoms with Crippen LogP contribution in [0.4, 0.5) is 10.1 Å². The molecule has 26 heavy (non-hydrogen) atoms. The number of anilines is 1. The fourth-order valence-corrected chi connectivity index (χ4v) is 3.70. The van der Waals surface area contributed by atoms with Crippen molar-refractivity contribution in [1.82, 2.24) is 10.5 Å². The second kappa shape index (κ2) is 6.72. The third-order valence-corrected chi connectivity index (χ3v) is 5.11. The highest BCUT2D eigenvalue weighted by molar-refractivity contribution is 6.30. The molecule has 8 heteroatoms. The SMILES string of the molecule is O=C(NC1CCN(c2ccc(Cl)cc2F)C1=O)c1onc2c1CCCC2. The van der Waals surface area contributed by atoms with E-state index in [1.54, 1.807) is 0 Å². The first-order valence-corrected chi connectivity index (χ1v) is 8.97. The Labute approximate surface area is 154 Å². The summed E-state index contributed by atoms with van der Waals surface area (Å²) in [5.74, 6) is -1.18. The van der Waals surface area contributed by atoms with Crippen molar-refractivity contribution in [2.24, 2.45) is 0 Å². The largest absolute Gasteiger partial charge is 0.350 e. The normalized spacial score (nSPS) is 19.5. The van der Waals surface area contributed by atoms with Crippen molar-refractivity contribution in [1.29, 1.82) is 0 Å². The number of carbonyl (C=O) groups is 2. The van der Waals surface area contributed by atoms with E-state index >= 15 is 0 Å². The summed E-state index contributed by atoms with van der Waals surface area (Å²) in [6.45, 7) is 0.316. The first-order chi connectivity index (χ1) is 12.5. The minimum atomic E-state index is -0.720. The summed E-state index contributed by atoms with van der Waals surface area (Å²) in [6, 6.07) is 3.44. The Morgan fingerprint density at radius 2 is 2.15 bits per heavy atom. The summed E-state index contributed by atoms with van der Waals surface area (Å²) in [7, 11) is 0. The van der Waals surface area contributed by atoms with Gasteiger partial charge in [-0.15, -0.1) is 0 Å². The Hall–Kier alpha value is -2.41. The van der Waals surface area contributed by atoms with E-state index in [2.05, 4.69) is 10.5 Å².